The molecule has 0 amide bonds. The molecular weight excluding hydrogens is 234 g/mol. The number of ether oxygens (including phenoxy) is 1. The molecule has 1 unspecified atom stereocenters. The predicted octanol–water partition coefficient (Wildman–Crippen LogP) is 1.82. The zero-order chi connectivity index (χ0) is 13.1. The van der Waals surface area contributed by atoms with Gasteiger partial charge >= 0.3 is 0 Å². The molecule has 1 aliphatic heterocycles. The normalized spacial score (nSPS) is 23.2. The second-order valence-corrected chi connectivity index (χ2v) is 5.24. The maximum absolute atomic E-state index is 6.15. The van der Waals surface area contributed by atoms with Crippen molar-refractivity contribution in [3.05, 3.63) is 71.3 Å². The van der Waals surface area contributed by atoms with Crippen LogP contribution >= 0.6 is 0 Å². The molecule has 2 aromatic carbocycles. The lowest BCUT2D eigenvalue weighted by molar-refractivity contribution is -0.894. The average molecular weight is 254 g/mol. The fraction of sp³-hybridized carbons (Fsp3) is 0.294. The van der Waals surface area contributed by atoms with Gasteiger partial charge in [0, 0.05) is 5.56 Å². The fourth-order valence-corrected chi connectivity index (χ4v) is 2.71. The average Bonchev–Trinajstić information content (AvgIpc) is 2.43. The van der Waals surface area contributed by atoms with Crippen molar-refractivity contribution in [2.24, 2.45) is 0 Å². The highest BCUT2D eigenvalue weighted by Gasteiger charge is 2.22. The lowest BCUT2D eigenvalue weighted by atomic mass is 9.96. The molecule has 0 saturated carbocycles. The molecule has 1 aliphatic rings. The first-order valence-electron chi connectivity index (χ1n) is 6.90. The maximum atomic E-state index is 6.15. The summed E-state index contributed by atoms with van der Waals surface area (Å²) in [6, 6.07) is 19.2. The molecule has 2 nitrogen and oxygen atoms in total. The molecule has 2 heteroatoms. The Morgan fingerprint density at radius 3 is 2.58 bits per heavy atom. The van der Waals surface area contributed by atoms with Gasteiger partial charge in [-0.15, -0.1) is 0 Å². The molecule has 1 N–H and O–H groups in total. The van der Waals surface area contributed by atoms with Crippen molar-refractivity contribution in [2.75, 3.05) is 20.2 Å². The van der Waals surface area contributed by atoms with Gasteiger partial charge in [-0.3, -0.25) is 0 Å². The van der Waals surface area contributed by atoms with Crippen molar-refractivity contribution in [2.45, 2.75) is 12.6 Å². The highest BCUT2D eigenvalue weighted by molar-refractivity contribution is 5.36. The van der Waals surface area contributed by atoms with Crippen LogP contribution in [0.1, 0.15) is 22.8 Å². The molecule has 0 fully saturated rings. The third-order valence-corrected chi connectivity index (χ3v) is 3.75. The number of likely N-dealkylation sites (N-methyl/N-ethyl adjacent to an activating group) is 1. The topological polar surface area (TPSA) is 13.7 Å². The Bertz CT molecular complexity index is 538. The molecule has 2 aromatic rings. The van der Waals surface area contributed by atoms with Crippen LogP contribution in [0, 0.1) is 0 Å². The molecule has 0 spiro atoms. The van der Waals surface area contributed by atoms with Gasteiger partial charge in [-0.05, 0) is 11.1 Å². The van der Waals surface area contributed by atoms with Crippen LogP contribution in [0.2, 0.25) is 0 Å². The molecular formula is C17H20NO+. The van der Waals surface area contributed by atoms with E-state index in [9.17, 15) is 0 Å². The van der Waals surface area contributed by atoms with E-state index in [4.69, 9.17) is 4.74 Å². The molecule has 1 heterocycles. The van der Waals surface area contributed by atoms with Gasteiger partial charge in [0.2, 0.25) is 0 Å². The number of nitrogens with one attached hydrogen (secondary N) is 1. The Labute approximate surface area is 114 Å². The van der Waals surface area contributed by atoms with Gasteiger partial charge < -0.3 is 9.64 Å². The highest BCUT2D eigenvalue weighted by Crippen LogP contribution is 2.28. The number of fused-ring (bicyclic) bond motifs is 1. The van der Waals surface area contributed by atoms with E-state index >= 15 is 0 Å². The quantitative estimate of drug-likeness (QED) is 0.819. The summed E-state index contributed by atoms with van der Waals surface area (Å²) < 4.78 is 6.15. The summed E-state index contributed by atoms with van der Waals surface area (Å²) in [5, 5.41) is 0. The second kappa shape index (κ2) is 5.55. The van der Waals surface area contributed by atoms with E-state index in [0.29, 0.717) is 0 Å². The minimum atomic E-state index is 0.0745. The zero-order valence-electron chi connectivity index (χ0n) is 11.3. The SMILES string of the molecule is C[NH+]1CCO[C@H](c2ccccc2)c2ccccc2C1. The number of hydrogen-bond acceptors (Lipinski definition) is 1. The van der Waals surface area contributed by atoms with E-state index in [0.717, 1.165) is 19.7 Å². The minimum absolute atomic E-state index is 0.0745. The number of hydrogen-bond donors (Lipinski definition) is 1. The summed E-state index contributed by atoms with van der Waals surface area (Å²) in [4.78, 5) is 1.50. The van der Waals surface area contributed by atoms with Crippen LogP contribution < -0.4 is 4.90 Å². The van der Waals surface area contributed by atoms with E-state index in [1.807, 2.05) is 0 Å². The third kappa shape index (κ3) is 2.70. The van der Waals surface area contributed by atoms with Crippen LogP contribution in [-0.2, 0) is 11.3 Å². The predicted molar refractivity (Wildman–Crippen MR) is 76.1 cm³/mol. The molecule has 2 atom stereocenters. The molecule has 0 radical (unpaired) electrons. The van der Waals surface area contributed by atoms with Gasteiger partial charge in [-0.25, -0.2) is 0 Å². The highest BCUT2D eigenvalue weighted by atomic mass is 16.5. The van der Waals surface area contributed by atoms with Crippen molar-refractivity contribution >= 4 is 0 Å². The summed E-state index contributed by atoms with van der Waals surface area (Å²) in [6.45, 7) is 2.93. The Morgan fingerprint density at radius 1 is 1.00 bits per heavy atom. The molecule has 0 aliphatic carbocycles. The summed E-state index contributed by atoms with van der Waals surface area (Å²) >= 11 is 0. The number of rotatable bonds is 1. The van der Waals surface area contributed by atoms with Crippen LogP contribution in [0.25, 0.3) is 0 Å². The van der Waals surface area contributed by atoms with E-state index < -0.39 is 0 Å². The molecule has 0 aromatic heterocycles. The monoisotopic (exact) mass is 254 g/mol. The Morgan fingerprint density at radius 2 is 1.74 bits per heavy atom. The first-order chi connectivity index (χ1) is 9.34. The first kappa shape index (κ1) is 12.4. The summed E-state index contributed by atoms with van der Waals surface area (Å²) in [5.41, 5.74) is 3.95. The Balaban J connectivity index is 2.03. The van der Waals surface area contributed by atoms with Crippen molar-refractivity contribution in [1.82, 2.24) is 0 Å². The maximum Gasteiger partial charge on any atom is 0.108 e. The molecule has 0 saturated heterocycles. The largest absolute Gasteiger partial charge is 0.363 e. The van der Waals surface area contributed by atoms with Crippen molar-refractivity contribution in [1.29, 1.82) is 0 Å². The van der Waals surface area contributed by atoms with Crippen LogP contribution in [0.3, 0.4) is 0 Å². The van der Waals surface area contributed by atoms with E-state index in [1.54, 1.807) is 0 Å². The number of quaternary nitrogens is 1. The van der Waals surface area contributed by atoms with Gasteiger partial charge in [-0.1, -0.05) is 54.6 Å². The third-order valence-electron chi connectivity index (χ3n) is 3.75. The van der Waals surface area contributed by atoms with E-state index in [1.165, 1.54) is 21.6 Å². The molecule has 19 heavy (non-hydrogen) atoms. The number of benzene rings is 2. The Hall–Kier alpha value is -1.64. The lowest BCUT2D eigenvalue weighted by Crippen LogP contribution is -3.08. The van der Waals surface area contributed by atoms with Crippen LogP contribution in [-0.4, -0.2) is 20.2 Å². The van der Waals surface area contributed by atoms with Gasteiger partial charge in [0.25, 0.3) is 0 Å². The van der Waals surface area contributed by atoms with Crippen LogP contribution in [0.15, 0.2) is 54.6 Å². The first-order valence-corrected chi connectivity index (χ1v) is 6.90. The molecule has 3 rings (SSSR count). The fourth-order valence-electron chi connectivity index (χ4n) is 2.71. The van der Waals surface area contributed by atoms with Gasteiger partial charge in [-0.2, -0.15) is 0 Å². The van der Waals surface area contributed by atoms with Gasteiger partial charge in [0.15, 0.2) is 0 Å². The summed E-state index contributed by atoms with van der Waals surface area (Å²) in [7, 11) is 2.23. The molecule has 98 valence electrons. The van der Waals surface area contributed by atoms with Crippen LogP contribution in [0.5, 0.6) is 0 Å². The van der Waals surface area contributed by atoms with Crippen molar-refractivity contribution in [3.8, 4) is 0 Å². The van der Waals surface area contributed by atoms with Crippen LogP contribution in [0.4, 0.5) is 0 Å². The minimum Gasteiger partial charge on any atom is -0.363 e. The van der Waals surface area contributed by atoms with Crippen molar-refractivity contribution < 1.29 is 9.64 Å². The second-order valence-electron chi connectivity index (χ2n) is 5.24. The lowest BCUT2D eigenvalue weighted by Gasteiger charge is -2.26. The molecule has 0 bridgehead atoms. The Kier molecular flexibility index (Phi) is 3.62. The van der Waals surface area contributed by atoms with E-state index in [-0.39, 0.29) is 6.10 Å². The smallest absolute Gasteiger partial charge is 0.108 e. The van der Waals surface area contributed by atoms with E-state index in [2.05, 4.69) is 61.6 Å². The zero-order valence-corrected chi connectivity index (χ0v) is 11.3. The summed E-state index contributed by atoms with van der Waals surface area (Å²) in [5.74, 6) is 0. The van der Waals surface area contributed by atoms with Gasteiger partial charge in [0.1, 0.15) is 19.2 Å². The standard InChI is InChI=1S/C17H19NO/c1-18-11-12-19-17(14-7-3-2-4-8-14)16-10-6-5-9-15(16)13-18/h2-10,17H,11-13H2,1H3/p+1/t17-/m1/s1. The summed E-state index contributed by atoms with van der Waals surface area (Å²) in [6.07, 6.45) is 0.0745. The van der Waals surface area contributed by atoms with Gasteiger partial charge in [0.05, 0.1) is 13.7 Å². The van der Waals surface area contributed by atoms with Crippen molar-refractivity contribution in [3.63, 3.8) is 0 Å².